The summed E-state index contributed by atoms with van der Waals surface area (Å²) < 4.78 is 17.8. The molecule has 1 aromatic rings. The van der Waals surface area contributed by atoms with Gasteiger partial charge in [-0.15, -0.1) is 0 Å². The largest absolute Gasteiger partial charge is 0.493 e. The van der Waals surface area contributed by atoms with Crippen LogP contribution in [0.4, 0.5) is 0 Å². The van der Waals surface area contributed by atoms with Crippen LogP contribution in [-0.2, 0) is 26.2 Å². The molecule has 2 bridgehead atoms. The van der Waals surface area contributed by atoms with Gasteiger partial charge in [0, 0.05) is 18.0 Å². The topological polar surface area (TPSA) is 118 Å². The third kappa shape index (κ3) is 2.88. The van der Waals surface area contributed by atoms with Gasteiger partial charge in [0.15, 0.2) is 17.6 Å². The molecule has 0 aromatic heterocycles. The smallest absolute Gasteiger partial charge is 0.333 e. The molecule has 0 saturated carbocycles. The number of likely N-dealkylation sites (tertiary alicyclic amines) is 1. The van der Waals surface area contributed by atoms with Gasteiger partial charge in [0.05, 0.1) is 18.1 Å². The third-order valence-corrected chi connectivity index (χ3v) is 7.87. The molecule has 2 aliphatic carbocycles. The molecule has 9 nitrogen and oxygen atoms in total. The van der Waals surface area contributed by atoms with Crippen molar-refractivity contribution >= 4 is 11.9 Å². The van der Waals surface area contributed by atoms with Gasteiger partial charge in [0.2, 0.25) is 5.91 Å². The van der Waals surface area contributed by atoms with Crippen molar-refractivity contribution in [3.8, 4) is 11.5 Å². The Bertz CT molecular complexity index is 1050. The number of carbonyl (C=O) groups excluding carboxylic acids is 2. The minimum absolute atomic E-state index is 0.0954. The highest BCUT2D eigenvalue weighted by Crippen LogP contribution is 2.65. The van der Waals surface area contributed by atoms with E-state index in [1.165, 1.54) is 13.8 Å². The molecule has 178 valence electrons. The van der Waals surface area contributed by atoms with Gasteiger partial charge >= 0.3 is 5.97 Å². The van der Waals surface area contributed by atoms with Crippen LogP contribution in [0.2, 0.25) is 0 Å². The number of hydrogen-bond donors (Lipinski definition) is 3. The Morgan fingerprint density at radius 2 is 2.09 bits per heavy atom. The summed E-state index contributed by atoms with van der Waals surface area (Å²) in [4.78, 5) is 26.8. The second-order valence-electron chi connectivity index (χ2n) is 9.61. The highest BCUT2D eigenvalue weighted by Gasteiger charge is 2.72. The van der Waals surface area contributed by atoms with E-state index in [1.54, 1.807) is 13.2 Å². The monoisotopic (exact) mass is 458 g/mol. The van der Waals surface area contributed by atoms with Gasteiger partial charge in [-0.05, 0) is 58.0 Å². The first-order valence-electron chi connectivity index (χ1n) is 11.3. The number of amides is 1. The van der Waals surface area contributed by atoms with Gasteiger partial charge in [0.25, 0.3) is 0 Å². The summed E-state index contributed by atoms with van der Waals surface area (Å²) in [5.41, 5.74) is 0.214. The maximum atomic E-state index is 12.8. The van der Waals surface area contributed by atoms with Crippen molar-refractivity contribution < 1.29 is 34.0 Å². The van der Waals surface area contributed by atoms with E-state index in [1.807, 2.05) is 19.2 Å². The number of nitrogens with one attached hydrogen (secondary N) is 1. The van der Waals surface area contributed by atoms with Crippen LogP contribution in [0.1, 0.15) is 37.8 Å². The predicted molar refractivity (Wildman–Crippen MR) is 117 cm³/mol. The van der Waals surface area contributed by atoms with Crippen LogP contribution in [0.5, 0.6) is 11.5 Å². The second kappa shape index (κ2) is 7.44. The lowest BCUT2D eigenvalue weighted by molar-refractivity contribution is -0.170. The molecule has 33 heavy (non-hydrogen) atoms. The first-order valence-corrected chi connectivity index (χ1v) is 11.3. The number of methoxy groups -OCH3 is 1. The SMILES string of the molecule is COc1ccc2c3c1O[C@@H]1C(OC(=O)[C@H](C)NC(=O)[C@H](C)O)=CC[C@]4(O)[C@H](C2)N(C)CC[C@@]314. The van der Waals surface area contributed by atoms with E-state index in [9.17, 15) is 19.8 Å². The van der Waals surface area contributed by atoms with Gasteiger partial charge in [-0.3, -0.25) is 4.79 Å². The zero-order valence-electron chi connectivity index (χ0n) is 19.3. The number of benzene rings is 1. The number of aliphatic hydroxyl groups excluding tert-OH is 1. The Morgan fingerprint density at radius 1 is 1.33 bits per heavy atom. The van der Waals surface area contributed by atoms with Crippen LogP contribution in [0.15, 0.2) is 24.0 Å². The van der Waals surface area contributed by atoms with Crippen LogP contribution in [0, 0.1) is 0 Å². The van der Waals surface area contributed by atoms with E-state index in [0.717, 1.165) is 17.7 Å². The quantitative estimate of drug-likeness (QED) is 0.543. The van der Waals surface area contributed by atoms with E-state index >= 15 is 0 Å². The molecule has 2 aliphatic heterocycles. The second-order valence-corrected chi connectivity index (χ2v) is 9.61. The molecule has 3 N–H and O–H groups in total. The van der Waals surface area contributed by atoms with Crippen LogP contribution in [0.25, 0.3) is 0 Å². The Hall–Kier alpha value is -2.62. The fraction of sp³-hybridized carbons (Fsp3) is 0.583. The van der Waals surface area contributed by atoms with E-state index < -0.39 is 41.1 Å². The van der Waals surface area contributed by atoms with Crippen molar-refractivity contribution in [2.45, 2.75) is 68.4 Å². The van der Waals surface area contributed by atoms with Crippen molar-refractivity contribution in [1.82, 2.24) is 10.2 Å². The first-order chi connectivity index (χ1) is 15.6. The predicted octanol–water partition coefficient (Wildman–Crippen LogP) is 0.402. The van der Waals surface area contributed by atoms with Crippen LogP contribution >= 0.6 is 0 Å². The first kappa shape index (κ1) is 22.2. The number of piperidine rings is 1. The van der Waals surface area contributed by atoms with E-state index in [2.05, 4.69) is 10.2 Å². The summed E-state index contributed by atoms with van der Waals surface area (Å²) in [6.07, 6.45) is 1.45. The van der Waals surface area contributed by atoms with Crippen LogP contribution in [0.3, 0.4) is 0 Å². The number of hydrogen-bond acceptors (Lipinski definition) is 8. The molecule has 4 aliphatic rings. The van der Waals surface area contributed by atoms with Crippen molar-refractivity contribution in [3.63, 3.8) is 0 Å². The number of rotatable bonds is 5. The van der Waals surface area contributed by atoms with Crippen molar-refractivity contribution in [1.29, 1.82) is 0 Å². The van der Waals surface area contributed by atoms with Crippen molar-refractivity contribution in [2.75, 3.05) is 20.7 Å². The standard InChI is InChI=1S/C24H30N2O7/c1-12(25-21(28)13(2)27)22(29)32-16-7-8-24(30)17-11-14-5-6-15(31-4)19-18(14)23(24,20(16)33-19)9-10-26(17)3/h5-7,12-13,17,20,27,30H,8-11H2,1-4H3,(H,25,28)/t12-,13-,17-,20+,23+,24-/m0/s1. The molecule has 6 atom stereocenters. The summed E-state index contributed by atoms with van der Waals surface area (Å²) in [6, 6.07) is 2.86. The zero-order chi connectivity index (χ0) is 23.7. The van der Waals surface area contributed by atoms with E-state index in [0.29, 0.717) is 36.5 Å². The summed E-state index contributed by atoms with van der Waals surface area (Å²) in [6.45, 7) is 3.59. The number of ether oxygens (including phenoxy) is 3. The molecular weight excluding hydrogens is 428 g/mol. The Labute approximate surface area is 192 Å². The number of carbonyl (C=O) groups is 2. The summed E-state index contributed by atoms with van der Waals surface area (Å²) in [7, 11) is 3.61. The lowest BCUT2D eigenvalue weighted by atomic mass is 9.50. The van der Waals surface area contributed by atoms with Gasteiger partial charge in [-0.25, -0.2) is 4.79 Å². The van der Waals surface area contributed by atoms with Gasteiger partial charge < -0.3 is 34.6 Å². The number of aliphatic hydroxyl groups is 2. The minimum Gasteiger partial charge on any atom is -0.493 e. The Kier molecular flexibility index (Phi) is 5.00. The summed E-state index contributed by atoms with van der Waals surface area (Å²) in [5, 5.41) is 24.0. The third-order valence-electron chi connectivity index (χ3n) is 7.87. The van der Waals surface area contributed by atoms with E-state index in [-0.39, 0.29) is 6.04 Å². The Balaban J connectivity index is 1.54. The maximum absolute atomic E-state index is 12.8. The molecule has 0 radical (unpaired) electrons. The van der Waals surface area contributed by atoms with Crippen molar-refractivity contribution in [2.24, 2.45) is 0 Å². The summed E-state index contributed by atoms with van der Waals surface area (Å²) >= 11 is 0. The average molecular weight is 459 g/mol. The lowest BCUT2D eigenvalue weighted by Gasteiger charge is -2.61. The molecule has 1 amide bonds. The number of likely N-dealkylation sites (N-methyl/N-ethyl adjacent to an activating group) is 1. The lowest BCUT2D eigenvalue weighted by Crippen LogP contribution is -2.74. The van der Waals surface area contributed by atoms with Gasteiger partial charge in [-0.1, -0.05) is 6.07 Å². The Morgan fingerprint density at radius 3 is 2.79 bits per heavy atom. The molecule has 0 unspecified atom stereocenters. The van der Waals surface area contributed by atoms with Gasteiger partial charge in [0.1, 0.15) is 17.9 Å². The molecule has 5 rings (SSSR count). The molecule has 1 fully saturated rings. The molecular formula is C24H30N2O7. The van der Waals surface area contributed by atoms with Crippen molar-refractivity contribution in [3.05, 3.63) is 35.1 Å². The van der Waals surface area contributed by atoms with E-state index in [4.69, 9.17) is 14.2 Å². The molecule has 1 spiro atoms. The summed E-state index contributed by atoms with van der Waals surface area (Å²) in [5.74, 6) is 0.192. The number of nitrogens with zero attached hydrogens (tertiary/aromatic N) is 1. The maximum Gasteiger partial charge on any atom is 0.333 e. The average Bonchev–Trinajstić information content (AvgIpc) is 3.13. The van der Waals surface area contributed by atoms with Crippen LogP contribution in [-0.4, -0.2) is 77.6 Å². The number of esters is 1. The molecule has 1 aromatic carbocycles. The highest BCUT2D eigenvalue weighted by molar-refractivity contribution is 5.86. The fourth-order valence-corrected chi connectivity index (χ4v) is 6.19. The fourth-order valence-electron chi connectivity index (χ4n) is 6.19. The molecule has 1 saturated heterocycles. The highest BCUT2D eigenvalue weighted by atomic mass is 16.6. The molecule has 9 heteroatoms. The zero-order valence-corrected chi connectivity index (χ0v) is 19.3. The minimum atomic E-state index is -1.24. The normalized spacial score (nSPS) is 33.2. The molecule has 2 heterocycles. The van der Waals surface area contributed by atoms with Crippen LogP contribution < -0.4 is 14.8 Å². The van der Waals surface area contributed by atoms with Gasteiger partial charge in [-0.2, -0.15) is 0 Å².